The van der Waals surface area contributed by atoms with E-state index in [1.54, 1.807) is 0 Å². The summed E-state index contributed by atoms with van der Waals surface area (Å²) < 4.78 is 5.36. The average molecular weight is 279 g/mol. The smallest absolute Gasteiger partial charge is 0.260 e. The van der Waals surface area contributed by atoms with Gasteiger partial charge in [-0.1, -0.05) is 41.6 Å². The molecule has 0 fully saturated rings. The van der Waals surface area contributed by atoms with Crippen molar-refractivity contribution in [1.29, 1.82) is 0 Å². The van der Waals surface area contributed by atoms with Crippen LogP contribution in [0.3, 0.4) is 0 Å². The highest BCUT2D eigenvalue weighted by molar-refractivity contribution is 5.73. The number of benzene rings is 2. The van der Waals surface area contributed by atoms with Gasteiger partial charge in [0.15, 0.2) is 5.82 Å². The maximum absolute atomic E-state index is 6.07. The first-order chi connectivity index (χ1) is 10.1. The van der Waals surface area contributed by atoms with Crippen molar-refractivity contribution in [2.45, 2.75) is 20.3 Å². The summed E-state index contributed by atoms with van der Waals surface area (Å²) in [6.45, 7) is 4.04. The Kier molecular flexibility index (Phi) is 3.44. The van der Waals surface area contributed by atoms with Crippen LogP contribution >= 0.6 is 0 Å². The van der Waals surface area contributed by atoms with Crippen LogP contribution in [-0.4, -0.2) is 10.1 Å². The van der Waals surface area contributed by atoms with E-state index < -0.39 is 0 Å². The molecule has 3 rings (SSSR count). The summed E-state index contributed by atoms with van der Waals surface area (Å²) in [5.74, 6) is 1.14. The predicted molar refractivity (Wildman–Crippen MR) is 82.9 cm³/mol. The molecule has 1 aromatic heterocycles. The number of rotatable bonds is 3. The zero-order valence-electron chi connectivity index (χ0n) is 12.1. The van der Waals surface area contributed by atoms with E-state index in [0.717, 1.165) is 11.1 Å². The van der Waals surface area contributed by atoms with E-state index in [1.165, 1.54) is 11.1 Å². The van der Waals surface area contributed by atoms with Crippen molar-refractivity contribution in [3.8, 4) is 11.5 Å². The van der Waals surface area contributed by atoms with Crippen molar-refractivity contribution >= 4 is 5.69 Å². The molecule has 3 aromatic rings. The van der Waals surface area contributed by atoms with Crippen LogP contribution in [0.4, 0.5) is 5.69 Å². The Morgan fingerprint density at radius 3 is 2.57 bits per heavy atom. The van der Waals surface area contributed by atoms with E-state index in [2.05, 4.69) is 29.2 Å². The molecule has 0 aliphatic rings. The van der Waals surface area contributed by atoms with Crippen LogP contribution in [0.2, 0.25) is 0 Å². The second-order valence-electron chi connectivity index (χ2n) is 5.16. The summed E-state index contributed by atoms with van der Waals surface area (Å²) in [5, 5.41) is 4.06. The molecule has 0 radical (unpaired) electrons. The number of hydrogen-bond acceptors (Lipinski definition) is 4. The van der Waals surface area contributed by atoms with Gasteiger partial charge in [0.1, 0.15) is 0 Å². The SMILES string of the molecule is Cc1ccccc1Cc1noc(-c2cccc(C)c2N)n1. The molecule has 4 heteroatoms. The molecule has 0 saturated carbocycles. The molecule has 0 aliphatic heterocycles. The van der Waals surface area contributed by atoms with Crippen molar-refractivity contribution in [2.24, 2.45) is 0 Å². The maximum Gasteiger partial charge on any atom is 0.260 e. The number of nitrogens with zero attached hydrogens (tertiary/aromatic N) is 2. The number of aromatic nitrogens is 2. The normalized spacial score (nSPS) is 10.8. The number of para-hydroxylation sites is 1. The van der Waals surface area contributed by atoms with Crippen LogP contribution in [-0.2, 0) is 6.42 Å². The third kappa shape index (κ3) is 2.65. The fourth-order valence-corrected chi connectivity index (χ4v) is 2.28. The van der Waals surface area contributed by atoms with E-state index >= 15 is 0 Å². The highest BCUT2D eigenvalue weighted by Gasteiger charge is 2.13. The Balaban J connectivity index is 1.90. The fourth-order valence-electron chi connectivity index (χ4n) is 2.28. The highest BCUT2D eigenvalue weighted by Crippen LogP contribution is 2.27. The molecule has 4 nitrogen and oxygen atoms in total. The highest BCUT2D eigenvalue weighted by atomic mass is 16.5. The molecular formula is C17H17N3O. The van der Waals surface area contributed by atoms with Gasteiger partial charge in [0.05, 0.1) is 5.56 Å². The molecule has 0 amide bonds. The molecule has 0 saturated heterocycles. The Hall–Kier alpha value is -2.62. The molecule has 0 spiro atoms. The van der Waals surface area contributed by atoms with Gasteiger partial charge in [-0.2, -0.15) is 4.98 Å². The van der Waals surface area contributed by atoms with Crippen molar-refractivity contribution in [3.63, 3.8) is 0 Å². The molecular weight excluding hydrogens is 262 g/mol. The molecule has 1 heterocycles. The van der Waals surface area contributed by atoms with Crippen LogP contribution in [0, 0.1) is 13.8 Å². The topological polar surface area (TPSA) is 64.9 Å². The second kappa shape index (κ2) is 5.40. The third-order valence-corrected chi connectivity index (χ3v) is 3.63. The van der Waals surface area contributed by atoms with E-state index in [0.29, 0.717) is 23.8 Å². The van der Waals surface area contributed by atoms with E-state index in [4.69, 9.17) is 10.3 Å². The van der Waals surface area contributed by atoms with Crippen LogP contribution in [0.15, 0.2) is 47.0 Å². The number of hydrogen-bond donors (Lipinski definition) is 1. The van der Waals surface area contributed by atoms with Crippen molar-refractivity contribution in [3.05, 3.63) is 65.0 Å². The monoisotopic (exact) mass is 279 g/mol. The van der Waals surface area contributed by atoms with Crippen LogP contribution in [0.25, 0.3) is 11.5 Å². The van der Waals surface area contributed by atoms with Gasteiger partial charge in [-0.15, -0.1) is 0 Å². The minimum atomic E-state index is 0.472. The third-order valence-electron chi connectivity index (χ3n) is 3.63. The Morgan fingerprint density at radius 1 is 1.00 bits per heavy atom. The Morgan fingerprint density at radius 2 is 1.76 bits per heavy atom. The molecule has 0 unspecified atom stereocenters. The van der Waals surface area contributed by atoms with Gasteiger partial charge in [0.25, 0.3) is 5.89 Å². The van der Waals surface area contributed by atoms with Gasteiger partial charge in [-0.3, -0.25) is 0 Å². The largest absolute Gasteiger partial charge is 0.398 e. The molecule has 106 valence electrons. The molecule has 0 atom stereocenters. The van der Waals surface area contributed by atoms with Crippen molar-refractivity contribution in [2.75, 3.05) is 5.73 Å². The fraction of sp³-hybridized carbons (Fsp3) is 0.176. The van der Waals surface area contributed by atoms with Crippen LogP contribution < -0.4 is 5.73 Å². The molecule has 21 heavy (non-hydrogen) atoms. The summed E-state index contributed by atoms with van der Waals surface area (Å²) in [5.41, 5.74) is 11.0. The quantitative estimate of drug-likeness (QED) is 0.745. The summed E-state index contributed by atoms with van der Waals surface area (Å²) in [4.78, 5) is 4.46. The van der Waals surface area contributed by atoms with Gasteiger partial charge in [0.2, 0.25) is 0 Å². The van der Waals surface area contributed by atoms with Crippen LogP contribution in [0.5, 0.6) is 0 Å². The lowest BCUT2D eigenvalue weighted by Crippen LogP contribution is -1.95. The average Bonchev–Trinajstić information content (AvgIpc) is 2.93. The molecule has 0 bridgehead atoms. The number of nitrogens with two attached hydrogens (primary N) is 1. The van der Waals surface area contributed by atoms with Gasteiger partial charge in [-0.25, -0.2) is 0 Å². The zero-order chi connectivity index (χ0) is 14.8. The summed E-state index contributed by atoms with van der Waals surface area (Å²) >= 11 is 0. The first kappa shape index (κ1) is 13.4. The van der Waals surface area contributed by atoms with E-state index in [1.807, 2.05) is 37.3 Å². The zero-order valence-corrected chi connectivity index (χ0v) is 12.1. The standard InChI is InChI=1S/C17H17N3O/c1-11-6-3-4-8-13(11)10-15-19-17(21-20-15)14-9-5-7-12(2)16(14)18/h3-9H,10,18H2,1-2H3. The minimum Gasteiger partial charge on any atom is -0.398 e. The predicted octanol–water partition coefficient (Wildman–Crippen LogP) is 3.53. The summed E-state index contributed by atoms with van der Waals surface area (Å²) in [6, 6.07) is 14.0. The second-order valence-corrected chi connectivity index (χ2v) is 5.16. The number of nitrogen functional groups attached to an aromatic ring is 1. The summed E-state index contributed by atoms with van der Waals surface area (Å²) in [6.07, 6.45) is 0.655. The van der Waals surface area contributed by atoms with Gasteiger partial charge < -0.3 is 10.3 Å². The van der Waals surface area contributed by atoms with Crippen molar-refractivity contribution in [1.82, 2.24) is 10.1 Å². The van der Waals surface area contributed by atoms with E-state index in [-0.39, 0.29) is 0 Å². The van der Waals surface area contributed by atoms with Gasteiger partial charge in [0, 0.05) is 12.1 Å². The van der Waals surface area contributed by atoms with E-state index in [9.17, 15) is 0 Å². The summed E-state index contributed by atoms with van der Waals surface area (Å²) in [7, 11) is 0. The number of anilines is 1. The molecule has 2 N–H and O–H groups in total. The number of aryl methyl sites for hydroxylation is 2. The first-order valence-corrected chi connectivity index (χ1v) is 6.87. The van der Waals surface area contributed by atoms with Crippen LogP contribution in [0.1, 0.15) is 22.5 Å². The Bertz CT molecular complexity index is 777. The first-order valence-electron chi connectivity index (χ1n) is 6.87. The molecule has 2 aromatic carbocycles. The Labute approximate surface area is 123 Å². The molecule has 0 aliphatic carbocycles. The lowest BCUT2D eigenvalue weighted by molar-refractivity contribution is 0.424. The maximum atomic E-state index is 6.07. The van der Waals surface area contributed by atoms with Crippen molar-refractivity contribution < 1.29 is 4.52 Å². The minimum absolute atomic E-state index is 0.472. The van der Waals surface area contributed by atoms with Gasteiger partial charge >= 0.3 is 0 Å². The lowest BCUT2D eigenvalue weighted by Gasteiger charge is -2.03. The van der Waals surface area contributed by atoms with Gasteiger partial charge in [-0.05, 0) is 36.6 Å². The lowest BCUT2D eigenvalue weighted by atomic mass is 10.1.